The van der Waals surface area contributed by atoms with Gasteiger partial charge < -0.3 is 15.8 Å². The second kappa shape index (κ2) is 7.72. The van der Waals surface area contributed by atoms with Crippen LogP contribution in [0.2, 0.25) is 0 Å². The van der Waals surface area contributed by atoms with Crippen molar-refractivity contribution in [3.05, 3.63) is 18.1 Å². The molecule has 7 nitrogen and oxygen atoms in total. The van der Waals surface area contributed by atoms with Gasteiger partial charge >= 0.3 is 5.97 Å². The summed E-state index contributed by atoms with van der Waals surface area (Å²) >= 11 is 0. The van der Waals surface area contributed by atoms with Crippen LogP contribution < -0.4 is 11.1 Å². The van der Waals surface area contributed by atoms with Crippen LogP contribution in [0.5, 0.6) is 0 Å². The molecule has 2 rings (SSSR count). The number of nitrogens with two attached hydrogens (primary N) is 1. The van der Waals surface area contributed by atoms with Gasteiger partial charge in [-0.1, -0.05) is 25.7 Å². The summed E-state index contributed by atoms with van der Waals surface area (Å²) in [4.78, 5) is 31.7. The lowest BCUT2D eigenvalue weighted by Gasteiger charge is -2.19. The zero-order valence-electron chi connectivity index (χ0n) is 12.7. The number of anilines is 1. The van der Waals surface area contributed by atoms with Gasteiger partial charge in [0.15, 0.2) is 17.6 Å². The number of amides is 1. The van der Waals surface area contributed by atoms with Crippen LogP contribution in [-0.4, -0.2) is 34.0 Å². The number of nitrogen functional groups attached to an aromatic ring is 1. The van der Waals surface area contributed by atoms with Gasteiger partial charge in [0.25, 0.3) is 5.91 Å². The molecule has 0 saturated heterocycles. The predicted molar refractivity (Wildman–Crippen MR) is 81.0 cm³/mol. The van der Waals surface area contributed by atoms with Crippen molar-refractivity contribution in [1.29, 1.82) is 0 Å². The van der Waals surface area contributed by atoms with E-state index in [2.05, 4.69) is 15.3 Å². The summed E-state index contributed by atoms with van der Waals surface area (Å²) in [5.74, 6) is -1.04. The van der Waals surface area contributed by atoms with Crippen molar-refractivity contribution in [3.8, 4) is 0 Å². The lowest BCUT2D eigenvalue weighted by Crippen LogP contribution is -2.42. The van der Waals surface area contributed by atoms with E-state index in [1.165, 1.54) is 32.2 Å². The molecule has 0 bridgehead atoms. The molecule has 1 saturated carbocycles. The molecule has 120 valence electrons. The van der Waals surface area contributed by atoms with E-state index in [0.29, 0.717) is 0 Å². The second-order valence-corrected chi connectivity index (χ2v) is 5.53. The molecule has 0 spiro atoms. The molecule has 1 atom stereocenters. The maximum absolute atomic E-state index is 12.1. The lowest BCUT2D eigenvalue weighted by atomic mass is 10.1. The van der Waals surface area contributed by atoms with Crippen LogP contribution in [0.4, 0.5) is 5.82 Å². The Bertz CT molecular complexity index is 527. The molecule has 7 heteroatoms. The summed E-state index contributed by atoms with van der Waals surface area (Å²) in [6.45, 7) is 1.54. The number of carbonyl (C=O) groups excluding carboxylic acids is 2. The van der Waals surface area contributed by atoms with Gasteiger partial charge in [-0.15, -0.1) is 0 Å². The Balaban J connectivity index is 1.88. The van der Waals surface area contributed by atoms with Crippen molar-refractivity contribution in [2.75, 3.05) is 5.73 Å². The number of nitrogens with one attached hydrogen (secondary N) is 1. The number of aromatic nitrogens is 2. The number of hydrogen-bond acceptors (Lipinski definition) is 6. The first kappa shape index (κ1) is 16.2. The molecule has 1 aromatic heterocycles. The summed E-state index contributed by atoms with van der Waals surface area (Å²) in [7, 11) is 0. The first-order chi connectivity index (χ1) is 10.6. The van der Waals surface area contributed by atoms with Gasteiger partial charge in [0.1, 0.15) is 0 Å². The van der Waals surface area contributed by atoms with Crippen LogP contribution in [0.1, 0.15) is 55.9 Å². The van der Waals surface area contributed by atoms with Crippen molar-refractivity contribution in [2.45, 2.75) is 57.6 Å². The maximum Gasteiger partial charge on any atom is 0.361 e. The number of carbonyl (C=O) groups is 2. The van der Waals surface area contributed by atoms with Crippen molar-refractivity contribution in [1.82, 2.24) is 15.3 Å². The van der Waals surface area contributed by atoms with Gasteiger partial charge in [0, 0.05) is 18.4 Å². The Hall–Kier alpha value is -2.18. The topological polar surface area (TPSA) is 107 Å². The standard InChI is InChI=1S/C15H22N4O3/c1-10(14(20)19-11-6-4-2-3-5-7-11)22-15(21)12-13(16)18-9-8-17-12/h8-11H,2-7H2,1H3,(H2,16,18)(H,19,20)/t10-/m0/s1. The third-order valence-corrected chi connectivity index (χ3v) is 3.77. The van der Waals surface area contributed by atoms with Crippen LogP contribution in [0, 0.1) is 0 Å². The number of hydrogen-bond donors (Lipinski definition) is 2. The first-order valence-corrected chi connectivity index (χ1v) is 7.65. The zero-order chi connectivity index (χ0) is 15.9. The number of nitrogens with zero attached hydrogens (tertiary/aromatic N) is 2. The molecule has 3 N–H and O–H groups in total. The van der Waals surface area contributed by atoms with Crippen LogP contribution in [-0.2, 0) is 9.53 Å². The Morgan fingerprint density at radius 3 is 2.50 bits per heavy atom. The van der Waals surface area contributed by atoms with Crippen LogP contribution in [0.15, 0.2) is 12.4 Å². The fraction of sp³-hybridized carbons (Fsp3) is 0.600. The van der Waals surface area contributed by atoms with Gasteiger partial charge in [-0.2, -0.15) is 0 Å². The monoisotopic (exact) mass is 306 g/mol. The minimum Gasteiger partial charge on any atom is -0.448 e. The quantitative estimate of drug-likeness (QED) is 0.644. The Labute approximate surface area is 129 Å². The predicted octanol–water partition coefficient (Wildman–Crippen LogP) is 1.44. The first-order valence-electron chi connectivity index (χ1n) is 7.65. The zero-order valence-corrected chi connectivity index (χ0v) is 12.7. The molecule has 0 aliphatic heterocycles. The Morgan fingerprint density at radius 1 is 1.23 bits per heavy atom. The molecule has 0 radical (unpaired) electrons. The van der Waals surface area contributed by atoms with Crippen molar-refractivity contribution in [3.63, 3.8) is 0 Å². The number of esters is 1. The molecule has 1 fully saturated rings. The molecule has 1 amide bonds. The summed E-state index contributed by atoms with van der Waals surface area (Å²) in [5, 5.41) is 2.95. The molecule has 1 heterocycles. The van der Waals surface area contributed by atoms with E-state index in [0.717, 1.165) is 25.7 Å². The molecular formula is C15H22N4O3. The van der Waals surface area contributed by atoms with Gasteiger partial charge in [0.2, 0.25) is 0 Å². The maximum atomic E-state index is 12.1. The summed E-state index contributed by atoms with van der Waals surface area (Å²) in [6.07, 6.45) is 8.46. The fourth-order valence-corrected chi connectivity index (χ4v) is 2.52. The van der Waals surface area contributed by atoms with Crippen molar-refractivity contribution < 1.29 is 14.3 Å². The highest BCUT2D eigenvalue weighted by Crippen LogP contribution is 2.17. The van der Waals surface area contributed by atoms with E-state index < -0.39 is 12.1 Å². The van der Waals surface area contributed by atoms with Crippen LogP contribution in [0.25, 0.3) is 0 Å². The van der Waals surface area contributed by atoms with Crippen LogP contribution in [0.3, 0.4) is 0 Å². The average molecular weight is 306 g/mol. The van der Waals surface area contributed by atoms with Gasteiger partial charge in [-0.05, 0) is 19.8 Å². The van der Waals surface area contributed by atoms with E-state index in [1.807, 2.05) is 0 Å². The molecule has 1 aliphatic carbocycles. The normalized spacial score (nSPS) is 17.3. The third-order valence-electron chi connectivity index (χ3n) is 3.77. The van der Waals surface area contributed by atoms with Crippen LogP contribution >= 0.6 is 0 Å². The van der Waals surface area contributed by atoms with Gasteiger partial charge in [-0.3, -0.25) is 4.79 Å². The van der Waals surface area contributed by atoms with E-state index in [1.54, 1.807) is 0 Å². The van der Waals surface area contributed by atoms with E-state index in [-0.39, 0.29) is 23.5 Å². The Kier molecular flexibility index (Phi) is 5.68. The lowest BCUT2D eigenvalue weighted by molar-refractivity contribution is -0.129. The van der Waals surface area contributed by atoms with Gasteiger partial charge in [-0.25, -0.2) is 14.8 Å². The van der Waals surface area contributed by atoms with E-state index >= 15 is 0 Å². The molecule has 1 aliphatic rings. The minimum absolute atomic E-state index is 0.0103. The highest BCUT2D eigenvalue weighted by atomic mass is 16.5. The summed E-state index contributed by atoms with van der Waals surface area (Å²) in [6, 6.07) is 0.165. The SMILES string of the molecule is C[C@H](OC(=O)c1nccnc1N)C(=O)NC1CCCCCC1. The molecule has 0 unspecified atom stereocenters. The summed E-state index contributed by atoms with van der Waals surface area (Å²) in [5.41, 5.74) is 5.49. The smallest absolute Gasteiger partial charge is 0.361 e. The third kappa shape index (κ3) is 4.41. The largest absolute Gasteiger partial charge is 0.448 e. The van der Waals surface area contributed by atoms with Gasteiger partial charge in [0.05, 0.1) is 0 Å². The average Bonchev–Trinajstić information content (AvgIpc) is 2.76. The number of ether oxygens (including phenoxy) is 1. The minimum atomic E-state index is -0.892. The Morgan fingerprint density at radius 2 is 1.86 bits per heavy atom. The highest BCUT2D eigenvalue weighted by molar-refractivity contribution is 5.94. The molecule has 1 aromatic rings. The van der Waals surface area contributed by atoms with Crippen molar-refractivity contribution in [2.24, 2.45) is 0 Å². The second-order valence-electron chi connectivity index (χ2n) is 5.53. The highest BCUT2D eigenvalue weighted by Gasteiger charge is 2.24. The van der Waals surface area contributed by atoms with E-state index in [4.69, 9.17) is 10.5 Å². The van der Waals surface area contributed by atoms with E-state index in [9.17, 15) is 9.59 Å². The fourth-order valence-electron chi connectivity index (χ4n) is 2.52. The molecule has 22 heavy (non-hydrogen) atoms. The summed E-state index contributed by atoms with van der Waals surface area (Å²) < 4.78 is 5.12. The molecular weight excluding hydrogens is 284 g/mol. The van der Waals surface area contributed by atoms with Crippen molar-refractivity contribution >= 4 is 17.7 Å². The molecule has 0 aromatic carbocycles. The number of rotatable bonds is 4.